The normalized spacial score (nSPS) is 22.7. The van der Waals surface area contributed by atoms with Crippen LogP contribution in [0.1, 0.15) is 29.3 Å². The molecule has 3 atom stereocenters. The number of aliphatic hydroxyl groups excluding tert-OH is 1. The highest BCUT2D eigenvalue weighted by Crippen LogP contribution is 2.41. The minimum absolute atomic E-state index is 0.185. The van der Waals surface area contributed by atoms with Gasteiger partial charge in [-0.15, -0.1) is 0 Å². The van der Waals surface area contributed by atoms with Crippen LogP contribution >= 0.6 is 0 Å². The van der Waals surface area contributed by atoms with E-state index in [9.17, 15) is 5.11 Å². The second-order valence-electron chi connectivity index (χ2n) is 8.51. The lowest BCUT2D eigenvalue weighted by Gasteiger charge is -2.44. The third-order valence-corrected chi connectivity index (χ3v) is 6.85. The summed E-state index contributed by atoms with van der Waals surface area (Å²) in [6, 6.07) is 16.4. The second kappa shape index (κ2) is 7.27. The molecule has 0 bridgehead atoms. The Balaban J connectivity index is 1.42. The summed E-state index contributed by atoms with van der Waals surface area (Å²) in [7, 11) is 1.67. The highest BCUT2D eigenvalue weighted by Gasteiger charge is 2.38. The molecule has 1 aliphatic heterocycles. The van der Waals surface area contributed by atoms with Gasteiger partial charge in [-0.25, -0.2) is 0 Å². The number of piperidine rings is 1. The van der Waals surface area contributed by atoms with Gasteiger partial charge in [0, 0.05) is 23.1 Å². The van der Waals surface area contributed by atoms with Crippen LogP contribution in [0.3, 0.4) is 0 Å². The molecule has 0 amide bonds. The molecule has 1 fully saturated rings. The van der Waals surface area contributed by atoms with E-state index in [1.54, 1.807) is 7.11 Å². The molecule has 1 aromatic heterocycles. The van der Waals surface area contributed by atoms with Gasteiger partial charge in [0.2, 0.25) is 0 Å². The zero-order valence-corrected chi connectivity index (χ0v) is 16.9. The molecule has 2 aromatic carbocycles. The van der Waals surface area contributed by atoms with Gasteiger partial charge >= 0.3 is 0 Å². The van der Waals surface area contributed by atoms with E-state index in [0.717, 1.165) is 43.7 Å². The Morgan fingerprint density at radius 1 is 1.17 bits per heavy atom. The van der Waals surface area contributed by atoms with Gasteiger partial charge < -0.3 is 14.8 Å². The van der Waals surface area contributed by atoms with Crippen molar-refractivity contribution >= 4 is 10.9 Å². The maximum Gasteiger partial charge on any atom is 0.119 e. The highest BCUT2D eigenvalue weighted by atomic mass is 16.5. The fourth-order valence-corrected chi connectivity index (χ4v) is 5.46. The summed E-state index contributed by atoms with van der Waals surface area (Å²) >= 11 is 0. The number of likely N-dealkylation sites (tertiary alicyclic amines) is 1. The summed E-state index contributed by atoms with van der Waals surface area (Å²) in [4.78, 5) is 6.06. The highest BCUT2D eigenvalue weighted by molar-refractivity contribution is 5.84. The topological polar surface area (TPSA) is 48.5 Å². The van der Waals surface area contributed by atoms with E-state index in [1.165, 1.54) is 22.2 Å². The number of hydrogen-bond donors (Lipinski definition) is 2. The van der Waals surface area contributed by atoms with Crippen molar-refractivity contribution in [3.63, 3.8) is 0 Å². The molecule has 3 unspecified atom stereocenters. The lowest BCUT2D eigenvalue weighted by atomic mass is 9.73. The van der Waals surface area contributed by atoms with E-state index in [1.807, 2.05) is 18.2 Å². The van der Waals surface area contributed by atoms with Crippen molar-refractivity contribution in [2.45, 2.75) is 25.3 Å². The maximum absolute atomic E-state index is 10.5. The summed E-state index contributed by atoms with van der Waals surface area (Å²) in [5.41, 5.74) is 5.21. The van der Waals surface area contributed by atoms with Crippen molar-refractivity contribution in [3.8, 4) is 5.75 Å². The predicted molar refractivity (Wildman–Crippen MR) is 116 cm³/mol. The number of hydrogen-bond acceptors (Lipinski definition) is 3. The summed E-state index contributed by atoms with van der Waals surface area (Å²) in [6.07, 6.45) is 3.38. The summed E-state index contributed by atoms with van der Waals surface area (Å²) in [5, 5.41) is 11.8. The van der Waals surface area contributed by atoms with Gasteiger partial charge in [0.15, 0.2) is 0 Å². The molecule has 0 saturated carbocycles. The van der Waals surface area contributed by atoms with Crippen molar-refractivity contribution in [1.82, 2.24) is 9.88 Å². The molecule has 29 heavy (non-hydrogen) atoms. The van der Waals surface area contributed by atoms with Crippen molar-refractivity contribution in [3.05, 3.63) is 77.7 Å². The van der Waals surface area contributed by atoms with Crippen LogP contribution in [-0.4, -0.2) is 35.2 Å². The molecule has 150 valence electrons. The summed E-state index contributed by atoms with van der Waals surface area (Å²) < 4.78 is 5.40. The number of H-pyrrole nitrogens is 1. The van der Waals surface area contributed by atoms with Gasteiger partial charge in [-0.1, -0.05) is 36.9 Å². The standard InChI is InChI=1S/C25H28N2O2/c1-16(28)25(18-6-5-7-20(12-18)29-2)27-11-10-17-14-24-22(13-19(17)15-27)21-8-3-4-9-23(21)26-24/h3-9,12,17,19,25-26,28H,1,10-11,13-15H2,2H3. The lowest BCUT2D eigenvalue weighted by Crippen LogP contribution is -2.45. The quantitative estimate of drug-likeness (QED) is 0.617. The third-order valence-electron chi connectivity index (χ3n) is 6.85. The van der Waals surface area contributed by atoms with Crippen LogP contribution in [0.15, 0.2) is 60.9 Å². The largest absolute Gasteiger partial charge is 0.511 e. The molecule has 2 N–H and O–H groups in total. The Hall–Kier alpha value is -2.72. The molecule has 4 heteroatoms. The van der Waals surface area contributed by atoms with E-state index in [4.69, 9.17) is 4.74 Å². The molecule has 0 spiro atoms. The fraction of sp³-hybridized carbons (Fsp3) is 0.360. The van der Waals surface area contributed by atoms with Crippen molar-refractivity contribution in [1.29, 1.82) is 0 Å². The maximum atomic E-state index is 10.5. The zero-order valence-electron chi connectivity index (χ0n) is 16.9. The molecule has 2 aliphatic rings. The molecular weight excluding hydrogens is 360 g/mol. The van der Waals surface area contributed by atoms with E-state index < -0.39 is 0 Å². The molecule has 0 radical (unpaired) electrons. The Morgan fingerprint density at radius 3 is 2.86 bits per heavy atom. The summed E-state index contributed by atoms with van der Waals surface area (Å²) in [6.45, 7) is 5.85. The lowest BCUT2D eigenvalue weighted by molar-refractivity contribution is 0.0716. The Labute approximate surface area is 171 Å². The zero-order chi connectivity index (χ0) is 20.0. The average Bonchev–Trinajstić information content (AvgIpc) is 3.09. The van der Waals surface area contributed by atoms with Crippen LogP contribution in [-0.2, 0) is 12.8 Å². The van der Waals surface area contributed by atoms with Crippen LogP contribution in [0.5, 0.6) is 5.75 Å². The van der Waals surface area contributed by atoms with E-state index >= 15 is 0 Å². The fourth-order valence-electron chi connectivity index (χ4n) is 5.46. The number of methoxy groups -OCH3 is 1. The monoisotopic (exact) mass is 388 g/mol. The third kappa shape index (κ3) is 3.22. The first kappa shape index (κ1) is 18.3. The van der Waals surface area contributed by atoms with E-state index in [2.05, 4.69) is 46.8 Å². The number of nitrogens with zero attached hydrogens (tertiary/aromatic N) is 1. The number of ether oxygens (including phenoxy) is 1. The number of rotatable bonds is 4. The molecule has 2 heterocycles. The number of aliphatic hydroxyl groups is 1. The van der Waals surface area contributed by atoms with Gasteiger partial charge in [0.1, 0.15) is 11.5 Å². The molecular formula is C25H28N2O2. The average molecular weight is 389 g/mol. The number of aromatic nitrogens is 1. The minimum atomic E-state index is -0.185. The number of aromatic amines is 1. The van der Waals surface area contributed by atoms with E-state index in [-0.39, 0.29) is 11.8 Å². The number of fused-ring (bicyclic) bond motifs is 4. The first-order chi connectivity index (χ1) is 14.1. The molecule has 1 saturated heterocycles. The van der Waals surface area contributed by atoms with Crippen LogP contribution in [0.25, 0.3) is 10.9 Å². The summed E-state index contributed by atoms with van der Waals surface area (Å²) in [5.74, 6) is 2.32. The Bertz CT molecular complexity index is 1050. The SMILES string of the molecule is C=C(O)C(c1cccc(OC)c1)N1CCC2Cc3[nH]c4ccccc4c3CC2C1. The number of benzene rings is 2. The van der Waals surface area contributed by atoms with Crippen molar-refractivity contribution < 1.29 is 9.84 Å². The number of para-hydroxylation sites is 1. The number of nitrogens with one attached hydrogen (secondary N) is 1. The second-order valence-corrected chi connectivity index (χ2v) is 8.51. The van der Waals surface area contributed by atoms with Gasteiger partial charge in [-0.3, -0.25) is 4.90 Å². The Kier molecular flexibility index (Phi) is 4.59. The first-order valence-electron chi connectivity index (χ1n) is 10.5. The van der Waals surface area contributed by atoms with Crippen molar-refractivity contribution in [2.24, 2.45) is 11.8 Å². The molecule has 4 nitrogen and oxygen atoms in total. The van der Waals surface area contributed by atoms with Crippen molar-refractivity contribution in [2.75, 3.05) is 20.2 Å². The molecule has 3 aromatic rings. The van der Waals surface area contributed by atoms with Gasteiger partial charge in [0.25, 0.3) is 0 Å². The smallest absolute Gasteiger partial charge is 0.119 e. The van der Waals surface area contributed by atoms with Crippen LogP contribution in [0, 0.1) is 11.8 Å². The first-order valence-corrected chi connectivity index (χ1v) is 10.5. The molecule has 1 aliphatic carbocycles. The minimum Gasteiger partial charge on any atom is -0.511 e. The Morgan fingerprint density at radius 2 is 2.03 bits per heavy atom. The predicted octanol–water partition coefficient (Wildman–Crippen LogP) is 5.03. The van der Waals surface area contributed by atoms with Crippen LogP contribution < -0.4 is 4.74 Å². The van der Waals surface area contributed by atoms with Crippen LogP contribution in [0.2, 0.25) is 0 Å². The van der Waals surface area contributed by atoms with Gasteiger partial charge in [-0.05, 0) is 67.0 Å². The molecule has 5 rings (SSSR count). The van der Waals surface area contributed by atoms with Crippen LogP contribution in [0.4, 0.5) is 0 Å². The van der Waals surface area contributed by atoms with Gasteiger partial charge in [0.05, 0.1) is 13.2 Å². The van der Waals surface area contributed by atoms with E-state index in [0.29, 0.717) is 11.8 Å². The van der Waals surface area contributed by atoms with Gasteiger partial charge in [-0.2, -0.15) is 0 Å².